The van der Waals surface area contributed by atoms with Gasteiger partial charge in [-0.05, 0) is 58.7 Å². The van der Waals surface area contributed by atoms with E-state index in [2.05, 4.69) is 26.1 Å². The van der Waals surface area contributed by atoms with Gasteiger partial charge in [0.25, 0.3) is 5.91 Å². The van der Waals surface area contributed by atoms with Gasteiger partial charge in [-0.3, -0.25) is 9.69 Å². The first-order valence-electron chi connectivity index (χ1n) is 8.83. The summed E-state index contributed by atoms with van der Waals surface area (Å²) in [6, 6.07) is 13.1. The van der Waals surface area contributed by atoms with Gasteiger partial charge in [-0.1, -0.05) is 23.7 Å². The molecule has 1 unspecified atom stereocenters. The number of ether oxygens (including phenoxy) is 2. The lowest BCUT2D eigenvalue weighted by Crippen LogP contribution is -2.35. The van der Waals surface area contributed by atoms with Crippen LogP contribution in [0.15, 0.2) is 46.9 Å². The van der Waals surface area contributed by atoms with E-state index in [-0.39, 0.29) is 5.91 Å². The third kappa shape index (κ3) is 5.94. The maximum Gasteiger partial charge on any atom is 0.265 e. The number of halogens is 2. The van der Waals surface area contributed by atoms with E-state index in [0.29, 0.717) is 15.2 Å². The first-order chi connectivity index (χ1) is 13.0. The summed E-state index contributed by atoms with van der Waals surface area (Å²) in [6.45, 7) is 6.08. The quantitative estimate of drug-likeness (QED) is 0.707. The van der Waals surface area contributed by atoms with E-state index in [9.17, 15) is 4.79 Å². The zero-order valence-electron chi connectivity index (χ0n) is 15.1. The average Bonchev–Trinajstić information content (AvgIpc) is 2.66. The van der Waals surface area contributed by atoms with Crippen LogP contribution in [0, 0.1) is 0 Å². The van der Waals surface area contributed by atoms with Gasteiger partial charge in [-0.25, -0.2) is 0 Å². The van der Waals surface area contributed by atoms with Gasteiger partial charge in [0.05, 0.1) is 17.7 Å². The van der Waals surface area contributed by atoms with E-state index in [1.165, 1.54) is 5.56 Å². The van der Waals surface area contributed by atoms with E-state index in [1.54, 1.807) is 25.1 Å². The number of hydrogen-bond acceptors (Lipinski definition) is 4. The van der Waals surface area contributed by atoms with Crippen LogP contribution < -0.4 is 10.1 Å². The van der Waals surface area contributed by atoms with E-state index in [4.69, 9.17) is 21.1 Å². The fraction of sp³-hybridized carbons (Fsp3) is 0.350. The van der Waals surface area contributed by atoms with Crippen molar-refractivity contribution in [3.63, 3.8) is 0 Å². The molecule has 5 nitrogen and oxygen atoms in total. The summed E-state index contributed by atoms with van der Waals surface area (Å²) in [5, 5.41) is 3.49. The molecule has 1 aliphatic rings. The first kappa shape index (κ1) is 20.1. The Morgan fingerprint density at radius 3 is 2.63 bits per heavy atom. The molecule has 144 valence electrons. The summed E-state index contributed by atoms with van der Waals surface area (Å²) < 4.78 is 11.8. The number of amides is 1. The van der Waals surface area contributed by atoms with Crippen molar-refractivity contribution in [2.45, 2.75) is 19.6 Å². The summed E-state index contributed by atoms with van der Waals surface area (Å²) in [7, 11) is 0. The third-order valence-corrected chi connectivity index (χ3v) is 5.15. The molecular weight excluding hydrogens is 432 g/mol. The lowest BCUT2D eigenvalue weighted by atomic mass is 10.2. The molecule has 0 aliphatic carbocycles. The summed E-state index contributed by atoms with van der Waals surface area (Å²) in [4.78, 5) is 14.8. The maximum atomic E-state index is 12.4. The Kier molecular flexibility index (Phi) is 7.13. The van der Waals surface area contributed by atoms with Gasteiger partial charge in [0, 0.05) is 30.3 Å². The van der Waals surface area contributed by atoms with Crippen molar-refractivity contribution in [2.75, 3.05) is 31.6 Å². The van der Waals surface area contributed by atoms with Gasteiger partial charge in [-0.2, -0.15) is 0 Å². The largest absolute Gasteiger partial charge is 0.480 e. The lowest BCUT2D eigenvalue weighted by molar-refractivity contribution is -0.122. The van der Waals surface area contributed by atoms with Crippen LogP contribution in [-0.4, -0.2) is 43.2 Å². The Hall–Kier alpha value is -1.60. The molecule has 7 heteroatoms. The highest BCUT2D eigenvalue weighted by Gasteiger charge is 2.17. The Labute approximate surface area is 172 Å². The zero-order valence-corrected chi connectivity index (χ0v) is 17.4. The van der Waals surface area contributed by atoms with Gasteiger partial charge in [0.2, 0.25) is 0 Å². The van der Waals surface area contributed by atoms with Gasteiger partial charge >= 0.3 is 0 Å². The van der Waals surface area contributed by atoms with Gasteiger partial charge in [0.1, 0.15) is 5.75 Å². The minimum atomic E-state index is -0.643. The van der Waals surface area contributed by atoms with E-state index >= 15 is 0 Å². The van der Waals surface area contributed by atoms with Gasteiger partial charge < -0.3 is 14.8 Å². The molecule has 1 amide bonds. The topological polar surface area (TPSA) is 50.8 Å². The normalized spacial score (nSPS) is 16.0. The Bertz CT molecular complexity index is 779. The number of carbonyl (C=O) groups is 1. The van der Waals surface area contributed by atoms with Crippen molar-refractivity contribution in [1.29, 1.82) is 0 Å². The molecule has 1 fully saturated rings. The Balaban J connectivity index is 1.53. The van der Waals surface area contributed by atoms with Gasteiger partial charge in [-0.15, -0.1) is 0 Å². The Morgan fingerprint density at radius 1 is 1.26 bits per heavy atom. The number of hydrogen-bond donors (Lipinski definition) is 1. The molecule has 0 spiro atoms. The SMILES string of the molecule is CC(Oc1ccc(Cl)cc1Br)C(=O)Nc1ccc(CN2CCOCC2)cc1. The molecule has 27 heavy (non-hydrogen) atoms. The van der Waals surface area contributed by atoms with E-state index in [0.717, 1.165) is 38.5 Å². The molecule has 1 aliphatic heterocycles. The molecule has 0 aromatic heterocycles. The van der Waals surface area contributed by atoms with Gasteiger partial charge in [0.15, 0.2) is 6.10 Å². The number of rotatable bonds is 6. The fourth-order valence-electron chi connectivity index (χ4n) is 2.77. The second-order valence-electron chi connectivity index (χ2n) is 6.41. The number of carbonyl (C=O) groups excluding carboxylic acids is 1. The standard InChI is InChI=1S/C20H22BrClN2O3/c1-14(27-19-7-4-16(22)12-18(19)21)20(25)23-17-5-2-15(3-6-17)13-24-8-10-26-11-9-24/h2-7,12,14H,8-11,13H2,1H3,(H,23,25). The minimum Gasteiger partial charge on any atom is -0.480 e. The van der Waals surface area contributed by atoms with Crippen LogP contribution >= 0.6 is 27.5 Å². The number of nitrogens with zero attached hydrogens (tertiary/aromatic N) is 1. The summed E-state index contributed by atoms with van der Waals surface area (Å²) in [6.07, 6.45) is -0.643. The summed E-state index contributed by atoms with van der Waals surface area (Å²) >= 11 is 9.31. The summed E-state index contributed by atoms with van der Waals surface area (Å²) in [5.41, 5.74) is 1.96. The van der Waals surface area contributed by atoms with Crippen LogP contribution in [0.1, 0.15) is 12.5 Å². The molecule has 2 aromatic rings. The molecule has 0 bridgehead atoms. The molecule has 2 aromatic carbocycles. The lowest BCUT2D eigenvalue weighted by Gasteiger charge is -2.26. The number of nitrogens with one attached hydrogen (secondary N) is 1. The second-order valence-corrected chi connectivity index (χ2v) is 7.70. The van der Waals surface area contributed by atoms with Crippen molar-refractivity contribution >= 4 is 39.1 Å². The molecule has 0 radical (unpaired) electrons. The van der Waals surface area contributed by atoms with Crippen LogP contribution in [0.3, 0.4) is 0 Å². The highest BCUT2D eigenvalue weighted by atomic mass is 79.9. The number of morpholine rings is 1. The average molecular weight is 454 g/mol. The van der Waals surface area contributed by atoms with Crippen LogP contribution in [0.4, 0.5) is 5.69 Å². The van der Waals surface area contributed by atoms with Crippen LogP contribution in [0.25, 0.3) is 0 Å². The maximum absolute atomic E-state index is 12.4. The molecule has 3 rings (SSSR count). The van der Waals surface area contributed by atoms with Crippen molar-refractivity contribution < 1.29 is 14.3 Å². The van der Waals surface area contributed by atoms with E-state index < -0.39 is 6.10 Å². The summed E-state index contributed by atoms with van der Waals surface area (Å²) in [5.74, 6) is 0.362. The minimum absolute atomic E-state index is 0.210. The van der Waals surface area contributed by atoms with Crippen molar-refractivity contribution in [3.8, 4) is 5.75 Å². The van der Waals surface area contributed by atoms with Crippen molar-refractivity contribution in [1.82, 2.24) is 4.90 Å². The number of benzene rings is 2. The highest BCUT2D eigenvalue weighted by molar-refractivity contribution is 9.10. The second kappa shape index (κ2) is 9.55. The smallest absolute Gasteiger partial charge is 0.265 e. The molecular formula is C20H22BrClN2O3. The van der Waals surface area contributed by atoms with Crippen molar-refractivity contribution in [2.24, 2.45) is 0 Å². The van der Waals surface area contributed by atoms with E-state index in [1.807, 2.05) is 24.3 Å². The third-order valence-electron chi connectivity index (χ3n) is 4.30. The molecule has 1 saturated heterocycles. The number of anilines is 1. The van der Waals surface area contributed by atoms with Crippen LogP contribution in [0.5, 0.6) is 5.75 Å². The van der Waals surface area contributed by atoms with Crippen LogP contribution in [0.2, 0.25) is 5.02 Å². The Morgan fingerprint density at radius 2 is 1.96 bits per heavy atom. The van der Waals surface area contributed by atoms with Crippen molar-refractivity contribution in [3.05, 3.63) is 57.5 Å². The molecule has 1 heterocycles. The fourth-order valence-corrected chi connectivity index (χ4v) is 3.55. The van der Waals surface area contributed by atoms with Crippen LogP contribution in [-0.2, 0) is 16.1 Å². The highest BCUT2D eigenvalue weighted by Crippen LogP contribution is 2.29. The molecule has 0 saturated carbocycles. The first-order valence-corrected chi connectivity index (χ1v) is 10.00. The molecule has 1 atom stereocenters. The predicted molar refractivity (Wildman–Crippen MR) is 110 cm³/mol. The molecule has 1 N–H and O–H groups in total. The zero-order chi connectivity index (χ0) is 19.2. The monoisotopic (exact) mass is 452 g/mol. The predicted octanol–water partition coefficient (Wildman–Crippen LogP) is 4.34.